The first kappa shape index (κ1) is 26.5. The summed E-state index contributed by atoms with van der Waals surface area (Å²) in [5.74, 6) is 1.32. The highest BCUT2D eigenvalue weighted by atomic mass is 32.2. The normalized spacial score (nSPS) is 13.4. The topological polar surface area (TPSA) is 84.9 Å². The van der Waals surface area contributed by atoms with Crippen molar-refractivity contribution in [3.05, 3.63) is 53.1 Å². The zero-order valence-corrected chi connectivity index (χ0v) is 21.6. The largest absolute Gasteiger partial charge is 0.497 e. The summed E-state index contributed by atoms with van der Waals surface area (Å²) in [6.45, 7) is 9.86. The highest BCUT2D eigenvalue weighted by Crippen LogP contribution is 2.32. The van der Waals surface area contributed by atoms with Crippen molar-refractivity contribution in [2.75, 3.05) is 24.8 Å². The van der Waals surface area contributed by atoms with Crippen LogP contribution in [0, 0.1) is 6.92 Å². The molecule has 33 heavy (non-hydrogen) atoms. The number of rotatable bonds is 10. The fourth-order valence-electron chi connectivity index (χ4n) is 3.99. The fourth-order valence-corrected chi connectivity index (χ4v) is 5.20. The predicted molar refractivity (Wildman–Crippen MR) is 133 cm³/mol. The highest BCUT2D eigenvalue weighted by molar-refractivity contribution is 7.92. The number of carbonyl (C=O) groups is 1. The summed E-state index contributed by atoms with van der Waals surface area (Å²) >= 11 is 0. The molecule has 2 aromatic carbocycles. The van der Waals surface area contributed by atoms with Crippen molar-refractivity contribution in [2.24, 2.45) is 0 Å². The SMILES string of the molecule is CC[C@@H](C(=O)N[C@@H](C)c1cc(C(C)C)c(OC)cc1C)N(c1ccc(OC)cc1)S(C)(=O)=O. The van der Waals surface area contributed by atoms with Crippen molar-refractivity contribution in [1.29, 1.82) is 0 Å². The average Bonchev–Trinajstić information content (AvgIpc) is 2.75. The molecule has 1 N–H and O–H groups in total. The summed E-state index contributed by atoms with van der Waals surface area (Å²) in [6.07, 6.45) is 1.43. The number of ether oxygens (including phenoxy) is 2. The van der Waals surface area contributed by atoms with E-state index in [1.54, 1.807) is 45.4 Å². The van der Waals surface area contributed by atoms with Gasteiger partial charge in [-0.1, -0.05) is 20.8 Å². The van der Waals surface area contributed by atoms with E-state index in [-0.39, 0.29) is 17.9 Å². The number of hydrogen-bond donors (Lipinski definition) is 1. The van der Waals surface area contributed by atoms with Gasteiger partial charge in [0.25, 0.3) is 0 Å². The standard InChI is InChI=1S/C25H36N2O5S/c1-9-23(27(33(8,29)30)19-10-12-20(31-6)13-11-19)25(28)26-18(5)22-15-21(16(2)3)24(32-7)14-17(22)4/h10-16,18,23H,9H2,1-8H3,(H,26,28)/t18-,23-/m0/s1. The lowest BCUT2D eigenvalue weighted by Crippen LogP contribution is -2.49. The van der Waals surface area contributed by atoms with Crippen LogP contribution in [-0.4, -0.2) is 40.8 Å². The quantitative estimate of drug-likeness (QED) is 0.543. The monoisotopic (exact) mass is 476 g/mol. The van der Waals surface area contributed by atoms with Gasteiger partial charge in [-0.2, -0.15) is 0 Å². The number of hydrogen-bond acceptors (Lipinski definition) is 5. The third kappa shape index (κ3) is 6.19. The Labute approximate surface area is 198 Å². The Balaban J connectivity index is 2.38. The predicted octanol–water partition coefficient (Wildman–Crippen LogP) is 4.56. The maximum absolute atomic E-state index is 13.3. The molecule has 2 aromatic rings. The molecule has 0 aliphatic rings. The summed E-state index contributed by atoms with van der Waals surface area (Å²) in [5, 5.41) is 3.03. The number of nitrogens with zero attached hydrogens (tertiary/aromatic N) is 1. The van der Waals surface area contributed by atoms with Gasteiger partial charge in [-0.3, -0.25) is 9.10 Å². The van der Waals surface area contributed by atoms with Gasteiger partial charge < -0.3 is 14.8 Å². The minimum Gasteiger partial charge on any atom is -0.497 e. The maximum atomic E-state index is 13.3. The Bertz CT molecular complexity index is 1060. The van der Waals surface area contributed by atoms with Crippen LogP contribution in [0.2, 0.25) is 0 Å². The van der Waals surface area contributed by atoms with Gasteiger partial charge in [0, 0.05) is 0 Å². The molecule has 0 bridgehead atoms. The van der Waals surface area contributed by atoms with Crippen molar-refractivity contribution < 1.29 is 22.7 Å². The van der Waals surface area contributed by atoms with E-state index in [2.05, 4.69) is 25.2 Å². The number of carbonyl (C=O) groups excluding carboxylic acids is 1. The molecule has 0 unspecified atom stereocenters. The molecule has 0 fully saturated rings. The summed E-state index contributed by atoms with van der Waals surface area (Å²) in [5.41, 5.74) is 3.43. The molecule has 0 aromatic heterocycles. The van der Waals surface area contributed by atoms with Gasteiger partial charge in [0.05, 0.1) is 32.2 Å². The van der Waals surface area contributed by atoms with Crippen molar-refractivity contribution in [3.8, 4) is 11.5 Å². The first-order valence-corrected chi connectivity index (χ1v) is 12.9. The number of aryl methyl sites for hydroxylation is 1. The molecule has 7 nitrogen and oxygen atoms in total. The van der Waals surface area contributed by atoms with Crippen LogP contribution in [0.15, 0.2) is 36.4 Å². The Kier molecular flexibility index (Phi) is 8.77. The van der Waals surface area contributed by atoms with Crippen molar-refractivity contribution in [1.82, 2.24) is 5.32 Å². The van der Waals surface area contributed by atoms with Crippen LogP contribution < -0.4 is 19.1 Å². The second-order valence-electron chi connectivity index (χ2n) is 8.52. The Morgan fingerprint density at radius 1 is 1.03 bits per heavy atom. The van der Waals surface area contributed by atoms with Crippen molar-refractivity contribution in [2.45, 2.75) is 59.0 Å². The number of methoxy groups -OCH3 is 2. The van der Waals surface area contributed by atoms with E-state index in [9.17, 15) is 13.2 Å². The second-order valence-corrected chi connectivity index (χ2v) is 10.4. The average molecular weight is 477 g/mol. The molecule has 0 aliphatic heterocycles. The Hall–Kier alpha value is -2.74. The Morgan fingerprint density at radius 2 is 1.64 bits per heavy atom. The van der Waals surface area contributed by atoms with Gasteiger partial charge in [0.15, 0.2) is 0 Å². The van der Waals surface area contributed by atoms with Gasteiger partial charge in [-0.15, -0.1) is 0 Å². The molecule has 8 heteroatoms. The summed E-state index contributed by atoms with van der Waals surface area (Å²) in [4.78, 5) is 13.3. The number of amides is 1. The summed E-state index contributed by atoms with van der Waals surface area (Å²) < 4.78 is 37.3. The maximum Gasteiger partial charge on any atom is 0.244 e. The van der Waals surface area contributed by atoms with Crippen LogP contribution in [0.4, 0.5) is 5.69 Å². The van der Waals surface area contributed by atoms with E-state index in [1.807, 2.05) is 19.9 Å². The van der Waals surface area contributed by atoms with E-state index in [0.717, 1.165) is 28.7 Å². The molecule has 1 amide bonds. The third-order valence-corrected chi connectivity index (χ3v) is 6.90. The van der Waals surface area contributed by atoms with Crippen LogP contribution in [-0.2, 0) is 14.8 Å². The fraction of sp³-hybridized carbons (Fsp3) is 0.480. The van der Waals surface area contributed by atoms with Crippen LogP contribution in [0.5, 0.6) is 11.5 Å². The minimum absolute atomic E-state index is 0.251. The Morgan fingerprint density at radius 3 is 2.09 bits per heavy atom. The van der Waals surface area contributed by atoms with E-state index in [0.29, 0.717) is 17.9 Å². The first-order chi connectivity index (χ1) is 15.4. The second kappa shape index (κ2) is 10.9. The van der Waals surface area contributed by atoms with Crippen LogP contribution in [0.25, 0.3) is 0 Å². The number of nitrogens with one attached hydrogen (secondary N) is 1. The molecule has 0 aliphatic carbocycles. The zero-order chi connectivity index (χ0) is 24.9. The molecule has 182 valence electrons. The lowest BCUT2D eigenvalue weighted by molar-refractivity contribution is -0.122. The lowest BCUT2D eigenvalue weighted by atomic mass is 9.93. The van der Waals surface area contributed by atoms with Gasteiger partial charge in [0.2, 0.25) is 15.9 Å². The molecule has 0 saturated heterocycles. The first-order valence-electron chi connectivity index (χ1n) is 11.1. The van der Waals surface area contributed by atoms with Crippen molar-refractivity contribution in [3.63, 3.8) is 0 Å². The lowest BCUT2D eigenvalue weighted by Gasteiger charge is -2.31. The molecule has 0 saturated carbocycles. The highest BCUT2D eigenvalue weighted by Gasteiger charge is 2.32. The van der Waals surface area contributed by atoms with Crippen molar-refractivity contribution >= 4 is 21.6 Å². The minimum atomic E-state index is -3.71. The smallest absolute Gasteiger partial charge is 0.244 e. The van der Waals surface area contributed by atoms with Gasteiger partial charge in [-0.25, -0.2) is 8.42 Å². The van der Waals surface area contributed by atoms with Crippen LogP contribution >= 0.6 is 0 Å². The van der Waals surface area contributed by atoms with Crippen LogP contribution in [0.3, 0.4) is 0 Å². The molecular weight excluding hydrogens is 440 g/mol. The van der Waals surface area contributed by atoms with E-state index >= 15 is 0 Å². The summed E-state index contributed by atoms with van der Waals surface area (Å²) in [7, 11) is -0.525. The molecule has 0 radical (unpaired) electrons. The number of benzene rings is 2. The van der Waals surface area contributed by atoms with E-state index in [1.165, 1.54) is 4.31 Å². The zero-order valence-electron chi connectivity index (χ0n) is 20.8. The molecule has 2 rings (SSSR count). The third-order valence-electron chi connectivity index (χ3n) is 5.72. The molecule has 0 spiro atoms. The molecular formula is C25H36N2O5S. The molecule has 0 heterocycles. The van der Waals surface area contributed by atoms with Gasteiger partial charge in [-0.05, 0) is 79.3 Å². The summed E-state index contributed by atoms with van der Waals surface area (Å²) in [6, 6.07) is 9.46. The van der Waals surface area contributed by atoms with Gasteiger partial charge >= 0.3 is 0 Å². The van der Waals surface area contributed by atoms with E-state index in [4.69, 9.17) is 9.47 Å². The number of anilines is 1. The van der Waals surface area contributed by atoms with Crippen LogP contribution in [0.1, 0.15) is 62.8 Å². The number of sulfonamides is 1. The molecule has 2 atom stereocenters. The van der Waals surface area contributed by atoms with Gasteiger partial charge in [0.1, 0.15) is 17.5 Å². The van der Waals surface area contributed by atoms with E-state index < -0.39 is 16.1 Å².